The van der Waals surface area contributed by atoms with Gasteiger partial charge in [-0.15, -0.1) is 11.3 Å². The number of hydrogen-bond donors (Lipinski definition) is 0. The monoisotopic (exact) mass is 630 g/mol. The first-order valence-corrected chi connectivity index (χ1v) is 17.0. The molecule has 2 aromatic heterocycles. The van der Waals surface area contributed by atoms with Crippen molar-refractivity contribution in [2.75, 3.05) is 4.90 Å². The molecule has 0 aliphatic heterocycles. The fourth-order valence-electron chi connectivity index (χ4n) is 6.73. The van der Waals surface area contributed by atoms with Gasteiger partial charge in [0.2, 0.25) is 0 Å². The van der Waals surface area contributed by atoms with Gasteiger partial charge in [-0.1, -0.05) is 152 Å². The molecule has 48 heavy (non-hydrogen) atoms. The number of aromatic nitrogens is 1. The van der Waals surface area contributed by atoms with Crippen LogP contribution in [0.1, 0.15) is 0 Å². The van der Waals surface area contributed by atoms with Crippen LogP contribution in [0.2, 0.25) is 0 Å². The fourth-order valence-corrected chi connectivity index (χ4v) is 7.96. The second-order valence-electron chi connectivity index (χ2n) is 12.0. The predicted octanol–water partition coefficient (Wildman–Crippen LogP) is 13.1. The normalized spacial score (nSPS) is 11.3. The lowest BCUT2D eigenvalue weighted by Crippen LogP contribution is -2.11. The molecule has 0 bridgehead atoms. The minimum Gasteiger partial charge on any atom is -0.308 e. The maximum Gasteiger partial charge on any atom is 0.0890 e. The molecule has 2 nitrogen and oxygen atoms in total. The number of anilines is 3. The molecule has 0 aliphatic carbocycles. The maximum absolute atomic E-state index is 5.12. The van der Waals surface area contributed by atoms with E-state index in [2.05, 4.69) is 181 Å². The van der Waals surface area contributed by atoms with Crippen molar-refractivity contribution in [1.29, 1.82) is 0 Å². The van der Waals surface area contributed by atoms with Crippen molar-refractivity contribution in [2.45, 2.75) is 0 Å². The number of pyridine rings is 1. The van der Waals surface area contributed by atoms with Crippen LogP contribution in [0.4, 0.5) is 17.1 Å². The summed E-state index contributed by atoms with van der Waals surface area (Å²) < 4.78 is 2.46. The molecule has 0 fully saturated rings. The van der Waals surface area contributed by atoms with Crippen molar-refractivity contribution < 1.29 is 0 Å². The summed E-state index contributed by atoms with van der Waals surface area (Å²) in [6.07, 6.45) is 2.03. The molecular weight excluding hydrogens is 601 g/mol. The standard InChI is InChI=1S/C45H30N2S/c1-3-11-31(12-4-1)32-19-21-33(22-20-32)34-23-26-37(27-24-34)47(42-18-10-9-16-39(42)35-13-5-2-6-14-35)38-29-43-44(46-30-38)41-28-25-36-15-7-8-17-40(36)45(41)48-43/h1-30H. The lowest BCUT2D eigenvalue weighted by molar-refractivity contribution is 1.26. The zero-order chi connectivity index (χ0) is 31.9. The first-order chi connectivity index (χ1) is 23.8. The van der Waals surface area contributed by atoms with Crippen LogP contribution in [-0.4, -0.2) is 4.98 Å². The topological polar surface area (TPSA) is 16.1 Å². The molecule has 0 atom stereocenters. The molecule has 9 rings (SSSR count). The van der Waals surface area contributed by atoms with Crippen LogP contribution >= 0.6 is 11.3 Å². The second kappa shape index (κ2) is 12.0. The SMILES string of the molecule is c1ccc(-c2ccc(-c3ccc(N(c4cnc5c(c4)sc4c6ccccc6ccc54)c4ccccc4-c4ccccc4)cc3)cc2)cc1. The average Bonchev–Trinajstić information content (AvgIpc) is 3.55. The summed E-state index contributed by atoms with van der Waals surface area (Å²) in [4.78, 5) is 7.46. The third-order valence-electron chi connectivity index (χ3n) is 9.12. The van der Waals surface area contributed by atoms with E-state index in [1.54, 1.807) is 0 Å². The third-order valence-corrected chi connectivity index (χ3v) is 10.3. The van der Waals surface area contributed by atoms with Gasteiger partial charge in [0.05, 0.1) is 27.8 Å². The first-order valence-electron chi connectivity index (χ1n) is 16.2. The van der Waals surface area contributed by atoms with E-state index in [9.17, 15) is 0 Å². The highest BCUT2D eigenvalue weighted by atomic mass is 32.1. The van der Waals surface area contributed by atoms with E-state index < -0.39 is 0 Å². The summed E-state index contributed by atoms with van der Waals surface area (Å²) in [6, 6.07) is 62.9. The summed E-state index contributed by atoms with van der Waals surface area (Å²) in [6.45, 7) is 0. The molecule has 0 amide bonds. The first kappa shape index (κ1) is 28.2. The van der Waals surface area contributed by atoms with E-state index in [-0.39, 0.29) is 0 Å². The Labute approximate surface area is 283 Å². The van der Waals surface area contributed by atoms with Crippen molar-refractivity contribution in [3.63, 3.8) is 0 Å². The molecule has 0 radical (unpaired) electrons. The molecule has 7 aromatic carbocycles. The highest BCUT2D eigenvalue weighted by molar-refractivity contribution is 7.26. The van der Waals surface area contributed by atoms with E-state index in [0.717, 1.165) is 22.6 Å². The van der Waals surface area contributed by atoms with Gasteiger partial charge in [-0.25, -0.2) is 0 Å². The van der Waals surface area contributed by atoms with Crippen molar-refractivity contribution in [1.82, 2.24) is 4.98 Å². The summed E-state index contributed by atoms with van der Waals surface area (Å²) in [5, 5.41) is 3.74. The second-order valence-corrected chi connectivity index (χ2v) is 13.1. The van der Waals surface area contributed by atoms with Crippen LogP contribution in [-0.2, 0) is 0 Å². The van der Waals surface area contributed by atoms with Gasteiger partial charge >= 0.3 is 0 Å². The lowest BCUT2D eigenvalue weighted by atomic mass is 9.99. The van der Waals surface area contributed by atoms with Crippen LogP contribution in [0, 0.1) is 0 Å². The Morgan fingerprint density at radius 2 is 1.02 bits per heavy atom. The molecule has 3 heteroatoms. The number of fused-ring (bicyclic) bond motifs is 5. The molecule has 0 saturated carbocycles. The molecule has 0 N–H and O–H groups in total. The highest BCUT2D eigenvalue weighted by Crippen LogP contribution is 2.44. The predicted molar refractivity (Wildman–Crippen MR) is 206 cm³/mol. The Hall–Kier alpha value is -6.03. The number of benzene rings is 7. The quantitative estimate of drug-likeness (QED) is 0.182. The van der Waals surface area contributed by atoms with Gasteiger partial charge in [-0.05, 0) is 62.9 Å². The molecule has 0 spiro atoms. The number of thiophene rings is 1. The van der Waals surface area contributed by atoms with Crippen LogP contribution in [0.25, 0.3) is 64.5 Å². The zero-order valence-corrected chi connectivity index (χ0v) is 26.9. The molecule has 9 aromatic rings. The van der Waals surface area contributed by atoms with Gasteiger partial charge in [-0.2, -0.15) is 0 Å². The minimum atomic E-state index is 1.03. The summed E-state index contributed by atoms with van der Waals surface area (Å²) in [5.74, 6) is 0. The smallest absolute Gasteiger partial charge is 0.0890 e. The Morgan fingerprint density at radius 1 is 0.438 bits per heavy atom. The summed E-state index contributed by atoms with van der Waals surface area (Å²) in [5.41, 5.74) is 11.4. The molecule has 2 heterocycles. The summed E-state index contributed by atoms with van der Waals surface area (Å²) >= 11 is 1.82. The number of nitrogens with zero attached hydrogens (tertiary/aromatic N) is 2. The Kier molecular flexibility index (Phi) is 7.03. The number of rotatable bonds is 6. The van der Waals surface area contributed by atoms with E-state index in [0.29, 0.717) is 0 Å². The number of hydrogen-bond acceptors (Lipinski definition) is 3. The number of para-hydroxylation sites is 1. The van der Waals surface area contributed by atoms with Gasteiger partial charge in [-0.3, -0.25) is 4.98 Å². The van der Waals surface area contributed by atoms with Crippen LogP contribution in [0.3, 0.4) is 0 Å². The minimum absolute atomic E-state index is 1.03. The average molecular weight is 631 g/mol. The van der Waals surface area contributed by atoms with E-state index in [1.165, 1.54) is 58.9 Å². The van der Waals surface area contributed by atoms with Crippen molar-refractivity contribution in [2.24, 2.45) is 0 Å². The van der Waals surface area contributed by atoms with Gasteiger partial charge in [0.25, 0.3) is 0 Å². The van der Waals surface area contributed by atoms with E-state index in [4.69, 9.17) is 4.98 Å². The van der Waals surface area contributed by atoms with Crippen LogP contribution < -0.4 is 4.90 Å². The largest absolute Gasteiger partial charge is 0.308 e. The van der Waals surface area contributed by atoms with E-state index >= 15 is 0 Å². The molecule has 0 saturated heterocycles. The van der Waals surface area contributed by atoms with Gasteiger partial charge in [0.1, 0.15) is 0 Å². The van der Waals surface area contributed by atoms with Gasteiger partial charge < -0.3 is 4.90 Å². The Morgan fingerprint density at radius 3 is 1.75 bits per heavy atom. The molecule has 0 unspecified atom stereocenters. The zero-order valence-electron chi connectivity index (χ0n) is 26.1. The fraction of sp³-hybridized carbons (Fsp3) is 0. The summed E-state index contributed by atoms with van der Waals surface area (Å²) in [7, 11) is 0. The molecule has 0 aliphatic rings. The van der Waals surface area contributed by atoms with Crippen molar-refractivity contribution >= 4 is 59.5 Å². The molecule has 226 valence electrons. The molecular formula is C45H30N2S. The van der Waals surface area contributed by atoms with Crippen LogP contribution in [0.15, 0.2) is 182 Å². The van der Waals surface area contributed by atoms with Crippen molar-refractivity contribution in [3.05, 3.63) is 182 Å². The third kappa shape index (κ3) is 5.02. The van der Waals surface area contributed by atoms with Crippen LogP contribution in [0.5, 0.6) is 0 Å². The lowest BCUT2D eigenvalue weighted by Gasteiger charge is -2.27. The van der Waals surface area contributed by atoms with E-state index in [1.807, 2.05) is 17.5 Å². The Balaban J connectivity index is 1.17. The van der Waals surface area contributed by atoms with Gasteiger partial charge in [0.15, 0.2) is 0 Å². The highest BCUT2D eigenvalue weighted by Gasteiger charge is 2.19. The van der Waals surface area contributed by atoms with Gasteiger partial charge in [0, 0.05) is 21.3 Å². The van der Waals surface area contributed by atoms with Crippen molar-refractivity contribution in [3.8, 4) is 33.4 Å². The maximum atomic E-state index is 5.12. The Bertz CT molecular complexity index is 2540.